The first-order valence-electron chi connectivity index (χ1n) is 14.5. The van der Waals surface area contributed by atoms with Crippen LogP contribution in [0.15, 0.2) is 103 Å². The van der Waals surface area contributed by atoms with E-state index in [9.17, 15) is 9.59 Å². The third kappa shape index (κ3) is 6.57. The number of fused-ring (bicyclic) bond motifs is 1. The fourth-order valence-electron chi connectivity index (χ4n) is 5.36. The summed E-state index contributed by atoms with van der Waals surface area (Å²) >= 11 is 0. The number of rotatable bonds is 9. The Morgan fingerprint density at radius 3 is 2.33 bits per heavy atom. The minimum Gasteiger partial charge on any atom is -0.378 e. The number of morpholine rings is 1. The molecule has 1 saturated heterocycles. The topological polar surface area (TPSA) is 92.6 Å². The molecule has 2 amide bonds. The van der Waals surface area contributed by atoms with Gasteiger partial charge < -0.3 is 19.9 Å². The van der Waals surface area contributed by atoms with Crippen LogP contribution in [0, 0.1) is 6.92 Å². The van der Waals surface area contributed by atoms with Gasteiger partial charge >= 0.3 is 0 Å². The molecule has 5 aromatic rings. The van der Waals surface area contributed by atoms with Gasteiger partial charge in [-0.25, -0.2) is 4.68 Å². The Kier molecular flexibility index (Phi) is 8.42. The molecule has 218 valence electrons. The van der Waals surface area contributed by atoms with Crippen molar-refractivity contribution in [2.75, 3.05) is 36.5 Å². The van der Waals surface area contributed by atoms with Gasteiger partial charge in [-0.15, -0.1) is 5.10 Å². The largest absolute Gasteiger partial charge is 0.378 e. The maximum atomic E-state index is 14.2. The third-order valence-electron chi connectivity index (χ3n) is 7.69. The first kappa shape index (κ1) is 28.1. The second-order valence-electron chi connectivity index (χ2n) is 10.7. The van der Waals surface area contributed by atoms with Crippen molar-refractivity contribution in [1.82, 2.24) is 19.9 Å². The smallest absolute Gasteiger partial charge is 0.251 e. The Hall–Kier alpha value is -5.02. The zero-order valence-electron chi connectivity index (χ0n) is 24.1. The summed E-state index contributed by atoms with van der Waals surface area (Å²) < 4.78 is 7.06. The van der Waals surface area contributed by atoms with E-state index in [1.165, 1.54) is 0 Å². The van der Waals surface area contributed by atoms with E-state index in [2.05, 4.69) is 20.5 Å². The summed E-state index contributed by atoms with van der Waals surface area (Å²) in [5.41, 5.74) is 5.96. The number of carbonyl (C=O) groups excluding carboxylic acids is 2. The maximum Gasteiger partial charge on any atom is 0.251 e. The average Bonchev–Trinajstić information content (AvgIpc) is 3.45. The summed E-state index contributed by atoms with van der Waals surface area (Å²) in [5, 5.41) is 11.5. The molecule has 1 atom stereocenters. The number of hydrogen-bond donors (Lipinski definition) is 1. The van der Waals surface area contributed by atoms with Crippen molar-refractivity contribution in [3.63, 3.8) is 0 Å². The van der Waals surface area contributed by atoms with Crippen LogP contribution < -0.4 is 10.2 Å². The number of ether oxygens (including phenoxy) is 1. The number of nitrogens with zero attached hydrogens (tertiary/aromatic N) is 5. The van der Waals surface area contributed by atoms with Gasteiger partial charge in [0.25, 0.3) is 5.91 Å². The highest BCUT2D eigenvalue weighted by atomic mass is 16.5. The molecular formula is C34H34N6O3. The Balaban J connectivity index is 1.31. The van der Waals surface area contributed by atoms with E-state index in [0.717, 1.165) is 35.4 Å². The van der Waals surface area contributed by atoms with Gasteiger partial charge in [0.05, 0.1) is 18.7 Å². The second-order valence-corrected chi connectivity index (χ2v) is 10.7. The summed E-state index contributed by atoms with van der Waals surface area (Å²) in [4.78, 5) is 32.2. The molecule has 1 fully saturated rings. The van der Waals surface area contributed by atoms with Gasteiger partial charge in [-0.2, -0.15) is 0 Å². The molecule has 2 heterocycles. The molecule has 4 aromatic carbocycles. The van der Waals surface area contributed by atoms with Gasteiger partial charge in [-0.05, 0) is 54.4 Å². The van der Waals surface area contributed by atoms with E-state index in [-0.39, 0.29) is 24.9 Å². The molecule has 0 saturated carbocycles. The van der Waals surface area contributed by atoms with Gasteiger partial charge in [0.15, 0.2) is 0 Å². The molecule has 9 nitrogen and oxygen atoms in total. The lowest BCUT2D eigenvalue weighted by atomic mass is 10.0. The number of para-hydroxylation sites is 1. The predicted octanol–water partition coefficient (Wildman–Crippen LogP) is 4.99. The van der Waals surface area contributed by atoms with Crippen LogP contribution in [0.2, 0.25) is 0 Å². The fourth-order valence-corrected chi connectivity index (χ4v) is 5.36. The quantitative estimate of drug-likeness (QED) is 0.267. The van der Waals surface area contributed by atoms with Crippen LogP contribution in [0.5, 0.6) is 0 Å². The van der Waals surface area contributed by atoms with Crippen molar-refractivity contribution >= 4 is 34.2 Å². The van der Waals surface area contributed by atoms with Crippen LogP contribution in [0.3, 0.4) is 0 Å². The minimum absolute atomic E-state index is 0.0583. The number of anilines is 2. The lowest BCUT2D eigenvalue weighted by Gasteiger charge is -2.32. The van der Waals surface area contributed by atoms with Crippen LogP contribution in [0.25, 0.3) is 11.0 Å². The normalized spacial score (nSPS) is 13.9. The molecule has 1 aliphatic rings. The van der Waals surface area contributed by atoms with Gasteiger partial charge in [-0.1, -0.05) is 77.5 Å². The van der Waals surface area contributed by atoms with E-state index in [4.69, 9.17) is 4.74 Å². The van der Waals surface area contributed by atoms with Gasteiger partial charge in [0.1, 0.15) is 18.1 Å². The summed E-state index contributed by atoms with van der Waals surface area (Å²) in [5.74, 6) is -0.544. The summed E-state index contributed by atoms with van der Waals surface area (Å²) in [6.07, 6.45) is 0. The summed E-state index contributed by atoms with van der Waals surface area (Å²) in [7, 11) is 0. The monoisotopic (exact) mass is 574 g/mol. The minimum atomic E-state index is -0.885. The van der Waals surface area contributed by atoms with Crippen molar-refractivity contribution in [2.24, 2.45) is 0 Å². The van der Waals surface area contributed by atoms with Gasteiger partial charge in [0.2, 0.25) is 5.91 Å². The number of amides is 2. The number of aromatic nitrogens is 3. The van der Waals surface area contributed by atoms with Crippen LogP contribution in [-0.2, 0) is 27.4 Å². The highest BCUT2D eigenvalue weighted by Gasteiger charge is 2.32. The highest BCUT2D eigenvalue weighted by molar-refractivity contribution is 5.98. The molecule has 0 aliphatic carbocycles. The molecular weight excluding hydrogens is 540 g/mol. The Morgan fingerprint density at radius 1 is 0.884 bits per heavy atom. The molecule has 43 heavy (non-hydrogen) atoms. The van der Waals surface area contributed by atoms with E-state index in [1.807, 2.05) is 110 Å². The molecule has 0 radical (unpaired) electrons. The average molecular weight is 575 g/mol. The molecule has 1 N–H and O–H groups in total. The first-order chi connectivity index (χ1) is 21.0. The van der Waals surface area contributed by atoms with E-state index in [1.54, 1.807) is 9.58 Å². The lowest BCUT2D eigenvalue weighted by Crippen LogP contribution is -2.42. The van der Waals surface area contributed by atoms with Crippen molar-refractivity contribution < 1.29 is 14.3 Å². The Labute approximate surface area is 250 Å². The molecule has 1 unspecified atom stereocenters. The molecule has 1 aliphatic heterocycles. The van der Waals surface area contributed by atoms with Crippen LogP contribution in [0.1, 0.15) is 22.7 Å². The van der Waals surface area contributed by atoms with Gasteiger partial charge in [0, 0.05) is 31.0 Å². The second kappa shape index (κ2) is 12.9. The standard InChI is InChI=1S/C34H34N6O3/c1-25-11-13-26(14-12-25)23-39(32(41)24-40-31-10-6-5-9-30(31)36-37-40)33(27-7-3-2-4-8-27)34(42)35-28-15-17-29(18-16-28)38-19-21-43-22-20-38/h2-18,33H,19-24H2,1H3,(H,35,42). The van der Waals surface area contributed by atoms with E-state index >= 15 is 0 Å². The lowest BCUT2D eigenvalue weighted by molar-refractivity contribution is -0.140. The zero-order valence-corrected chi connectivity index (χ0v) is 24.1. The molecule has 1 aromatic heterocycles. The van der Waals surface area contributed by atoms with Crippen LogP contribution in [0.4, 0.5) is 11.4 Å². The molecule has 9 heteroatoms. The highest BCUT2D eigenvalue weighted by Crippen LogP contribution is 2.27. The van der Waals surface area contributed by atoms with E-state index < -0.39 is 6.04 Å². The molecule has 6 rings (SSSR count). The zero-order chi connectivity index (χ0) is 29.6. The van der Waals surface area contributed by atoms with Crippen LogP contribution >= 0.6 is 0 Å². The Morgan fingerprint density at radius 2 is 1.58 bits per heavy atom. The summed E-state index contributed by atoms with van der Waals surface area (Å²) in [6.45, 7) is 5.27. The predicted molar refractivity (Wildman–Crippen MR) is 167 cm³/mol. The van der Waals surface area contributed by atoms with Gasteiger partial charge in [-0.3, -0.25) is 9.59 Å². The maximum absolute atomic E-state index is 14.2. The number of benzene rings is 4. The Bertz CT molecular complexity index is 1680. The SMILES string of the molecule is Cc1ccc(CN(C(=O)Cn2nnc3ccccc32)C(C(=O)Nc2ccc(N3CCOCC3)cc2)c2ccccc2)cc1. The van der Waals surface area contributed by atoms with Crippen molar-refractivity contribution in [2.45, 2.75) is 26.1 Å². The molecule has 0 bridgehead atoms. The van der Waals surface area contributed by atoms with Crippen LogP contribution in [-0.4, -0.2) is 58.0 Å². The number of hydrogen-bond acceptors (Lipinski definition) is 6. The molecule has 0 spiro atoms. The summed E-state index contributed by atoms with van der Waals surface area (Å²) in [6, 6.07) is 31.9. The number of carbonyl (C=O) groups is 2. The number of nitrogens with one attached hydrogen (secondary N) is 1. The number of aryl methyl sites for hydroxylation is 1. The first-order valence-corrected chi connectivity index (χ1v) is 14.5. The van der Waals surface area contributed by atoms with E-state index in [0.29, 0.717) is 30.0 Å². The van der Waals surface area contributed by atoms with Crippen molar-refractivity contribution in [1.29, 1.82) is 0 Å². The van der Waals surface area contributed by atoms with Crippen molar-refractivity contribution in [3.05, 3.63) is 120 Å². The fraction of sp³-hybridized carbons (Fsp3) is 0.235. The third-order valence-corrected chi connectivity index (χ3v) is 7.69. The van der Waals surface area contributed by atoms with Crippen molar-refractivity contribution in [3.8, 4) is 0 Å².